The smallest absolute Gasteiger partial charge is 0.328 e. The number of Topliss-reactive ketones (excluding diaryl/α,β-unsaturated/α-hetero) is 1. The molecule has 1 aromatic carbocycles. The van der Waals surface area contributed by atoms with Gasteiger partial charge in [-0.2, -0.15) is 0 Å². The van der Waals surface area contributed by atoms with E-state index >= 15 is 0 Å². The van der Waals surface area contributed by atoms with Crippen molar-refractivity contribution in [3.8, 4) is 5.88 Å². The van der Waals surface area contributed by atoms with Crippen LogP contribution in [0.15, 0.2) is 43.7 Å². The summed E-state index contributed by atoms with van der Waals surface area (Å²) in [4.78, 5) is 39.9. The van der Waals surface area contributed by atoms with Crippen molar-refractivity contribution in [1.29, 1.82) is 0 Å². The lowest BCUT2D eigenvalue weighted by Crippen LogP contribution is -2.23. The summed E-state index contributed by atoms with van der Waals surface area (Å²) in [6.07, 6.45) is 1.27. The molecule has 0 unspecified atom stereocenters. The Morgan fingerprint density at radius 2 is 1.85 bits per heavy atom. The number of rotatable bonds is 1. The van der Waals surface area contributed by atoms with Crippen molar-refractivity contribution in [2.75, 3.05) is 0 Å². The average molecular weight is 288 g/mol. The van der Waals surface area contributed by atoms with Crippen molar-refractivity contribution in [3.63, 3.8) is 0 Å². The molecule has 0 saturated carbocycles. The molecule has 0 fully saturated rings. The van der Waals surface area contributed by atoms with Crippen LogP contribution in [0.1, 0.15) is 15.9 Å². The van der Waals surface area contributed by atoms with Crippen molar-refractivity contribution < 1.29 is 9.90 Å². The number of H-pyrrole nitrogens is 2. The van der Waals surface area contributed by atoms with E-state index in [4.69, 9.17) is 0 Å². The predicted molar refractivity (Wildman–Crippen MR) is 74.0 cm³/mol. The van der Waals surface area contributed by atoms with Crippen LogP contribution in [0.2, 0.25) is 0 Å². The lowest BCUT2D eigenvalue weighted by molar-refractivity contribution is 0.104. The van der Waals surface area contributed by atoms with E-state index in [1.165, 1.54) is 17.8 Å². The minimum absolute atomic E-state index is 0.145. The van der Waals surface area contributed by atoms with Crippen LogP contribution in [0.25, 0.3) is 6.08 Å². The molecule has 1 aliphatic heterocycles. The van der Waals surface area contributed by atoms with Crippen molar-refractivity contribution in [3.05, 3.63) is 61.1 Å². The summed E-state index contributed by atoms with van der Waals surface area (Å²) < 4.78 is 0. The highest BCUT2D eigenvalue weighted by Crippen LogP contribution is 2.40. The second kappa shape index (κ2) is 4.53. The van der Waals surface area contributed by atoms with Crippen LogP contribution in [-0.4, -0.2) is 20.9 Å². The number of hydrogen-bond acceptors (Lipinski definition) is 5. The van der Waals surface area contributed by atoms with Crippen LogP contribution < -0.4 is 11.2 Å². The summed E-state index contributed by atoms with van der Waals surface area (Å²) in [5.74, 6) is -0.772. The molecule has 2 heterocycles. The monoisotopic (exact) mass is 288 g/mol. The second-order valence-electron chi connectivity index (χ2n) is 4.11. The van der Waals surface area contributed by atoms with E-state index in [2.05, 4.69) is 4.98 Å². The van der Waals surface area contributed by atoms with Crippen molar-refractivity contribution in [1.82, 2.24) is 9.97 Å². The van der Waals surface area contributed by atoms with Gasteiger partial charge in [0.15, 0.2) is 0 Å². The summed E-state index contributed by atoms with van der Waals surface area (Å²) in [6.45, 7) is 0. The Kier molecular flexibility index (Phi) is 2.83. The van der Waals surface area contributed by atoms with Gasteiger partial charge in [-0.05, 0) is 18.2 Å². The van der Waals surface area contributed by atoms with Gasteiger partial charge in [0.05, 0.1) is 4.91 Å². The second-order valence-corrected chi connectivity index (χ2v) is 5.19. The van der Waals surface area contributed by atoms with Crippen LogP contribution in [0.4, 0.5) is 0 Å². The highest BCUT2D eigenvalue weighted by Gasteiger charge is 2.26. The number of aromatic amines is 2. The van der Waals surface area contributed by atoms with Crippen LogP contribution in [-0.2, 0) is 0 Å². The largest absolute Gasteiger partial charge is 0.494 e. The van der Waals surface area contributed by atoms with Gasteiger partial charge in [0.2, 0.25) is 11.7 Å². The molecule has 2 aromatic rings. The average Bonchev–Trinajstić information content (AvgIpc) is 2.71. The third kappa shape index (κ3) is 1.97. The van der Waals surface area contributed by atoms with E-state index in [0.29, 0.717) is 10.5 Å². The molecule has 100 valence electrons. The van der Waals surface area contributed by atoms with Crippen LogP contribution in [0.3, 0.4) is 0 Å². The molecule has 0 bridgehead atoms. The Labute approximate surface area is 116 Å². The van der Waals surface area contributed by atoms with E-state index in [-0.39, 0.29) is 11.3 Å². The minimum atomic E-state index is -0.802. The number of carbonyl (C=O) groups is 1. The lowest BCUT2D eigenvalue weighted by Gasteiger charge is -1.98. The molecule has 0 spiro atoms. The zero-order valence-electron chi connectivity index (χ0n) is 9.97. The normalized spacial score (nSPS) is 15.6. The molecule has 7 heteroatoms. The first kappa shape index (κ1) is 12.5. The maximum absolute atomic E-state index is 12.1. The van der Waals surface area contributed by atoms with Gasteiger partial charge >= 0.3 is 5.69 Å². The molecule has 3 rings (SSSR count). The molecule has 6 nitrogen and oxygen atoms in total. The molecule has 1 aromatic heterocycles. The standard InChI is InChI=1S/C13H8N2O4S/c16-10-6-3-1-2-4-8(6)20-9(10)5-7-11(17)14-13(19)15-12(7)18/h1-5H,(H3,14,15,17,18,19)/b9-5-. The third-order valence-electron chi connectivity index (χ3n) is 2.81. The number of nitrogens with one attached hydrogen (secondary N) is 2. The molecular formula is C13H8N2O4S. The zero-order valence-corrected chi connectivity index (χ0v) is 10.8. The molecule has 0 aliphatic carbocycles. The van der Waals surface area contributed by atoms with Gasteiger partial charge in [-0.1, -0.05) is 23.9 Å². The van der Waals surface area contributed by atoms with Gasteiger partial charge in [-0.25, -0.2) is 4.79 Å². The first-order valence-electron chi connectivity index (χ1n) is 5.65. The molecule has 0 radical (unpaired) electrons. The Morgan fingerprint density at radius 1 is 1.10 bits per heavy atom. The van der Waals surface area contributed by atoms with E-state index in [1.807, 2.05) is 11.1 Å². The Morgan fingerprint density at radius 3 is 2.55 bits per heavy atom. The number of aromatic nitrogens is 2. The van der Waals surface area contributed by atoms with Crippen LogP contribution in [0, 0.1) is 0 Å². The van der Waals surface area contributed by atoms with Crippen molar-refractivity contribution in [2.45, 2.75) is 4.90 Å². The fourth-order valence-electron chi connectivity index (χ4n) is 1.88. The highest BCUT2D eigenvalue weighted by molar-refractivity contribution is 8.04. The van der Waals surface area contributed by atoms with Crippen molar-refractivity contribution >= 4 is 23.6 Å². The predicted octanol–water partition coefficient (Wildman–Crippen LogP) is 1.10. The topological polar surface area (TPSA) is 103 Å². The summed E-state index contributed by atoms with van der Waals surface area (Å²) >= 11 is 1.22. The Bertz CT molecular complexity index is 863. The van der Waals surface area contributed by atoms with E-state index < -0.39 is 17.1 Å². The van der Waals surface area contributed by atoms with Gasteiger partial charge in [0.25, 0.3) is 5.56 Å². The van der Waals surface area contributed by atoms with Crippen LogP contribution in [0.5, 0.6) is 5.88 Å². The number of allylic oxidation sites excluding steroid dienone is 1. The Balaban J connectivity index is 2.11. The third-order valence-corrected chi connectivity index (χ3v) is 3.91. The molecular weight excluding hydrogens is 280 g/mol. The first-order chi connectivity index (χ1) is 9.56. The quantitative estimate of drug-likeness (QED) is 0.682. The van der Waals surface area contributed by atoms with Gasteiger partial charge in [-0.3, -0.25) is 19.6 Å². The van der Waals surface area contributed by atoms with Gasteiger partial charge in [0.1, 0.15) is 5.56 Å². The Hall–Kier alpha value is -2.54. The fourth-order valence-corrected chi connectivity index (χ4v) is 2.92. The molecule has 1 aliphatic rings. The maximum atomic E-state index is 12.1. The lowest BCUT2D eigenvalue weighted by atomic mass is 10.1. The van der Waals surface area contributed by atoms with E-state index in [0.717, 1.165) is 4.90 Å². The van der Waals surface area contributed by atoms with Crippen LogP contribution >= 0.6 is 11.8 Å². The number of ketones is 1. The van der Waals surface area contributed by atoms with Gasteiger partial charge in [0, 0.05) is 10.5 Å². The number of fused-ring (bicyclic) bond motifs is 1. The first-order valence-corrected chi connectivity index (χ1v) is 6.47. The van der Waals surface area contributed by atoms with Crippen molar-refractivity contribution in [2.24, 2.45) is 0 Å². The summed E-state index contributed by atoms with van der Waals surface area (Å²) in [6, 6.07) is 7.06. The molecule has 0 saturated heterocycles. The molecule has 3 N–H and O–H groups in total. The summed E-state index contributed by atoms with van der Waals surface area (Å²) in [5.41, 5.74) is -1.14. The number of benzene rings is 1. The SMILES string of the molecule is O=C1/C(=C/c2c(O)[nH]c(=O)[nH]c2=O)Sc2ccccc21. The van der Waals surface area contributed by atoms with E-state index in [9.17, 15) is 19.5 Å². The number of thioether (sulfide) groups is 1. The van der Waals surface area contributed by atoms with Gasteiger partial charge in [-0.15, -0.1) is 0 Å². The zero-order chi connectivity index (χ0) is 14.3. The molecule has 0 amide bonds. The number of aromatic hydroxyl groups is 1. The number of hydrogen-bond donors (Lipinski definition) is 3. The summed E-state index contributed by atoms with van der Waals surface area (Å²) in [7, 11) is 0. The highest BCUT2D eigenvalue weighted by atomic mass is 32.2. The minimum Gasteiger partial charge on any atom is -0.494 e. The molecule has 0 atom stereocenters. The maximum Gasteiger partial charge on any atom is 0.328 e. The summed E-state index contributed by atoms with van der Waals surface area (Å²) in [5, 5.41) is 9.60. The van der Waals surface area contributed by atoms with Gasteiger partial charge < -0.3 is 5.11 Å². The number of carbonyl (C=O) groups excluding carboxylic acids is 1. The molecule has 20 heavy (non-hydrogen) atoms. The fraction of sp³-hybridized carbons (Fsp3) is 0. The van der Waals surface area contributed by atoms with E-state index in [1.54, 1.807) is 18.2 Å².